The first-order valence-corrected chi connectivity index (χ1v) is 7.87. The number of amides is 1. The summed E-state index contributed by atoms with van der Waals surface area (Å²) in [5.41, 5.74) is 2.08. The molecule has 5 heteroatoms. The van der Waals surface area contributed by atoms with Crippen molar-refractivity contribution in [3.05, 3.63) is 30.1 Å². The van der Waals surface area contributed by atoms with Crippen LogP contribution in [0, 0.1) is 5.92 Å². The van der Waals surface area contributed by atoms with Gasteiger partial charge in [0.2, 0.25) is 5.91 Å². The quantitative estimate of drug-likeness (QED) is 0.862. The smallest absolute Gasteiger partial charge is 0.224 e. The van der Waals surface area contributed by atoms with Gasteiger partial charge in [0.05, 0.1) is 17.1 Å². The van der Waals surface area contributed by atoms with E-state index < -0.39 is 0 Å². The number of rotatable bonds is 6. The maximum Gasteiger partial charge on any atom is 0.224 e. The summed E-state index contributed by atoms with van der Waals surface area (Å²) in [6, 6.07) is 8.25. The Morgan fingerprint density at radius 1 is 1.23 bits per heavy atom. The summed E-state index contributed by atoms with van der Waals surface area (Å²) in [6.45, 7) is 8.85. The highest BCUT2D eigenvalue weighted by atomic mass is 16.1. The molecular formula is C17H26N4O. The molecule has 1 amide bonds. The second-order valence-electron chi connectivity index (χ2n) is 6.11. The van der Waals surface area contributed by atoms with Crippen LogP contribution in [0.3, 0.4) is 0 Å². The molecule has 0 aliphatic heterocycles. The Hall–Kier alpha value is -1.88. The first kappa shape index (κ1) is 16.5. The van der Waals surface area contributed by atoms with Gasteiger partial charge in [-0.05, 0) is 40.0 Å². The van der Waals surface area contributed by atoms with Crippen LogP contribution in [-0.4, -0.2) is 29.1 Å². The van der Waals surface area contributed by atoms with Crippen LogP contribution in [0.5, 0.6) is 0 Å². The van der Waals surface area contributed by atoms with Crippen LogP contribution >= 0.6 is 0 Å². The summed E-state index contributed by atoms with van der Waals surface area (Å²) in [7, 11) is 1.85. The number of aromatic nitrogens is 2. The molecular weight excluding hydrogens is 276 g/mol. The van der Waals surface area contributed by atoms with Gasteiger partial charge in [-0.1, -0.05) is 19.1 Å². The van der Waals surface area contributed by atoms with Gasteiger partial charge >= 0.3 is 0 Å². The lowest BCUT2D eigenvalue weighted by Gasteiger charge is -2.20. The summed E-state index contributed by atoms with van der Waals surface area (Å²) in [6.07, 6.45) is 0. The van der Waals surface area contributed by atoms with E-state index in [9.17, 15) is 4.79 Å². The van der Waals surface area contributed by atoms with Gasteiger partial charge in [-0.2, -0.15) is 0 Å². The standard InChI is InChI=1S/C17H26N4O/c1-11(2)21-15-9-7-6-8-14(15)20-16(21)13(4)19-17(22)12(3)10-18-5/h6-9,11-13,18H,10H2,1-5H3,(H,19,22). The van der Waals surface area contributed by atoms with E-state index >= 15 is 0 Å². The van der Waals surface area contributed by atoms with Gasteiger partial charge < -0.3 is 15.2 Å². The summed E-state index contributed by atoms with van der Waals surface area (Å²) in [4.78, 5) is 16.9. The topological polar surface area (TPSA) is 59.0 Å². The fourth-order valence-electron chi connectivity index (χ4n) is 2.73. The zero-order chi connectivity index (χ0) is 16.3. The second-order valence-corrected chi connectivity index (χ2v) is 6.11. The molecule has 5 nitrogen and oxygen atoms in total. The van der Waals surface area contributed by atoms with Crippen molar-refractivity contribution in [2.45, 2.75) is 39.8 Å². The van der Waals surface area contributed by atoms with E-state index in [-0.39, 0.29) is 23.9 Å². The van der Waals surface area contributed by atoms with Crippen LogP contribution in [0.1, 0.15) is 45.6 Å². The van der Waals surface area contributed by atoms with E-state index in [2.05, 4.69) is 35.1 Å². The van der Waals surface area contributed by atoms with Gasteiger partial charge in [0.15, 0.2) is 0 Å². The summed E-state index contributed by atoms with van der Waals surface area (Å²) in [5.74, 6) is 0.884. The maximum absolute atomic E-state index is 12.2. The van der Waals surface area contributed by atoms with E-state index in [0.717, 1.165) is 16.9 Å². The zero-order valence-electron chi connectivity index (χ0n) is 14.1. The first-order valence-electron chi connectivity index (χ1n) is 7.87. The molecule has 0 spiro atoms. The molecule has 120 valence electrons. The zero-order valence-corrected chi connectivity index (χ0v) is 14.1. The molecule has 0 aliphatic rings. The van der Waals surface area contributed by atoms with Gasteiger partial charge in [-0.15, -0.1) is 0 Å². The maximum atomic E-state index is 12.2. The molecule has 2 aromatic rings. The van der Waals surface area contributed by atoms with Crippen molar-refractivity contribution in [3.8, 4) is 0 Å². The van der Waals surface area contributed by atoms with Crippen LogP contribution in [0.2, 0.25) is 0 Å². The van der Waals surface area contributed by atoms with Crippen LogP contribution in [-0.2, 0) is 4.79 Å². The Morgan fingerprint density at radius 2 is 1.91 bits per heavy atom. The number of fused-ring (bicyclic) bond motifs is 1. The number of benzene rings is 1. The average molecular weight is 302 g/mol. The lowest BCUT2D eigenvalue weighted by molar-refractivity contribution is -0.125. The highest BCUT2D eigenvalue weighted by Gasteiger charge is 2.21. The third-order valence-corrected chi connectivity index (χ3v) is 3.84. The van der Waals surface area contributed by atoms with Gasteiger partial charge in [-0.25, -0.2) is 4.98 Å². The van der Waals surface area contributed by atoms with Crippen molar-refractivity contribution in [3.63, 3.8) is 0 Å². The van der Waals surface area contributed by atoms with Crippen LogP contribution in [0.25, 0.3) is 11.0 Å². The summed E-state index contributed by atoms with van der Waals surface area (Å²) < 4.78 is 2.20. The molecule has 0 fully saturated rings. The molecule has 2 unspecified atom stereocenters. The van der Waals surface area contributed by atoms with Gasteiger partial charge in [0, 0.05) is 18.5 Å². The molecule has 22 heavy (non-hydrogen) atoms. The molecule has 2 N–H and O–H groups in total. The Morgan fingerprint density at radius 3 is 2.55 bits per heavy atom. The minimum atomic E-state index is -0.124. The van der Waals surface area contributed by atoms with E-state index in [1.807, 2.05) is 39.1 Å². The molecule has 0 bridgehead atoms. The number of hydrogen-bond acceptors (Lipinski definition) is 3. The molecule has 0 aliphatic carbocycles. The van der Waals surface area contributed by atoms with Crippen LogP contribution < -0.4 is 10.6 Å². The Balaban J connectivity index is 2.29. The number of hydrogen-bond donors (Lipinski definition) is 2. The van der Waals surface area contributed by atoms with Gasteiger partial charge in [0.25, 0.3) is 0 Å². The average Bonchev–Trinajstić information content (AvgIpc) is 2.87. The number of carbonyl (C=O) groups excluding carboxylic acids is 1. The number of nitrogens with zero attached hydrogens (tertiary/aromatic N) is 2. The van der Waals surface area contributed by atoms with Crippen molar-refractivity contribution in [1.82, 2.24) is 20.2 Å². The van der Waals surface area contributed by atoms with E-state index in [0.29, 0.717) is 6.54 Å². The third-order valence-electron chi connectivity index (χ3n) is 3.84. The lowest BCUT2D eigenvalue weighted by Crippen LogP contribution is -2.36. The Kier molecular flexibility index (Phi) is 5.19. The molecule has 0 radical (unpaired) electrons. The van der Waals surface area contributed by atoms with Crippen LogP contribution in [0.4, 0.5) is 0 Å². The predicted octanol–water partition coefficient (Wildman–Crippen LogP) is 2.65. The van der Waals surface area contributed by atoms with E-state index in [4.69, 9.17) is 4.98 Å². The van der Waals surface area contributed by atoms with Crippen molar-refractivity contribution < 1.29 is 4.79 Å². The monoisotopic (exact) mass is 302 g/mol. The third kappa shape index (κ3) is 3.30. The minimum absolute atomic E-state index is 0.0456. The molecule has 1 aromatic heterocycles. The first-order chi connectivity index (χ1) is 10.5. The summed E-state index contributed by atoms with van der Waals surface area (Å²) >= 11 is 0. The van der Waals surface area contributed by atoms with Gasteiger partial charge in [0.1, 0.15) is 5.82 Å². The SMILES string of the molecule is CNCC(C)C(=O)NC(C)c1nc2ccccc2n1C(C)C. The lowest BCUT2D eigenvalue weighted by atomic mass is 10.1. The Bertz CT molecular complexity index is 647. The van der Waals surface area contributed by atoms with Crippen molar-refractivity contribution >= 4 is 16.9 Å². The number of para-hydroxylation sites is 2. The van der Waals surface area contributed by atoms with E-state index in [1.165, 1.54) is 0 Å². The van der Waals surface area contributed by atoms with E-state index in [1.54, 1.807) is 0 Å². The van der Waals surface area contributed by atoms with Crippen molar-refractivity contribution in [1.29, 1.82) is 0 Å². The molecule has 2 atom stereocenters. The number of carbonyl (C=O) groups is 1. The largest absolute Gasteiger partial charge is 0.346 e. The Labute approximate surface area is 132 Å². The molecule has 0 saturated carbocycles. The minimum Gasteiger partial charge on any atom is -0.346 e. The molecule has 2 rings (SSSR count). The van der Waals surface area contributed by atoms with Gasteiger partial charge in [-0.3, -0.25) is 4.79 Å². The van der Waals surface area contributed by atoms with Crippen LogP contribution in [0.15, 0.2) is 24.3 Å². The van der Waals surface area contributed by atoms with Crippen molar-refractivity contribution in [2.75, 3.05) is 13.6 Å². The molecule has 1 heterocycles. The fourth-order valence-corrected chi connectivity index (χ4v) is 2.73. The molecule has 0 saturated heterocycles. The number of nitrogens with one attached hydrogen (secondary N) is 2. The second kappa shape index (κ2) is 6.92. The summed E-state index contributed by atoms with van der Waals surface area (Å²) in [5, 5.41) is 6.11. The highest BCUT2D eigenvalue weighted by molar-refractivity contribution is 5.79. The fraction of sp³-hybridized carbons (Fsp3) is 0.529. The number of imidazole rings is 1. The molecule has 1 aromatic carbocycles. The predicted molar refractivity (Wildman–Crippen MR) is 89.8 cm³/mol. The van der Waals surface area contributed by atoms with Crippen molar-refractivity contribution in [2.24, 2.45) is 5.92 Å². The highest BCUT2D eigenvalue weighted by Crippen LogP contribution is 2.24. The normalized spacial score (nSPS) is 14.3.